The summed E-state index contributed by atoms with van der Waals surface area (Å²) in [6.45, 7) is 1.53. The van der Waals surface area contributed by atoms with Crippen LogP contribution in [-0.4, -0.2) is 44.5 Å². The van der Waals surface area contributed by atoms with E-state index < -0.39 is 10.0 Å². The summed E-state index contributed by atoms with van der Waals surface area (Å²) in [4.78, 5) is 3.93. The van der Waals surface area contributed by atoms with Gasteiger partial charge in [0.25, 0.3) is 0 Å². The Morgan fingerprint density at radius 2 is 2.37 bits per heavy atom. The normalized spacial score (nSPS) is 20.3. The first kappa shape index (κ1) is 13.9. The fraction of sp³-hybridized carbons (Fsp3) is 0.500. The molecule has 1 aromatic heterocycles. The zero-order valence-electron chi connectivity index (χ0n) is 10.6. The van der Waals surface area contributed by atoms with Gasteiger partial charge >= 0.3 is 0 Å². The minimum atomic E-state index is -3.51. The van der Waals surface area contributed by atoms with Crippen molar-refractivity contribution in [1.29, 1.82) is 5.26 Å². The van der Waals surface area contributed by atoms with Crippen LogP contribution >= 0.6 is 0 Å². The fourth-order valence-electron chi connectivity index (χ4n) is 2.14. The Morgan fingerprint density at radius 3 is 2.95 bits per heavy atom. The Morgan fingerprint density at radius 1 is 1.58 bits per heavy atom. The van der Waals surface area contributed by atoms with Gasteiger partial charge in [0.15, 0.2) is 0 Å². The summed E-state index contributed by atoms with van der Waals surface area (Å²) in [6, 6.07) is 4.70. The van der Waals surface area contributed by atoms with Gasteiger partial charge in [-0.05, 0) is 24.5 Å². The maximum absolute atomic E-state index is 12.3. The molecule has 0 radical (unpaired) electrons. The number of hydrogen-bond acceptors (Lipinski definition) is 5. The Bertz CT molecular complexity index is 577. The van der Waals surface area contributed by atoms with Gasteiger partial charge < -0.3 is 4.74 Å². The summed E-state index contributed by atoms with van der Waals surface area (Å²) in [5.74, 6) is 0.242. The molecule has 1 saturated heterocycles. The zero-order valence-corrected chi connectivity index (χ0v) is 11.4. The lowest BCUT2D eigenvalue weighted by Crippen LogP contribution is -2.29. The highest BCUT2D eigenvalue weighted by Crippen LogP contribution is 2.24. The molecule has 7 heteroatoms. The quantitative estimate of drug-likeness (QED) is 0.807. The van der Waals surface area contributed by atoms with Crippen molar-refractivity contribution >= 4 is 10.0 Å². The van der Waals surface area contributed by atoms with E-state index in [1.807, 2.05) is 6.07 Å². The largest absolute Gasteiger partial charge is 0.384 e. The molecule has 1 unspecified atom stereocenters. The highest BCUT2D eigenvalue weighted by Gasteiger charge is 2.32. The lowest BCUT2D eigenvalue weighted by Gasteiger charge is -2.16. The summed E-state index contributed by atoms with van der Waals surface area (Å²) in [5.41, 5.74) is 0.206. The third kappa shape index (κ3) is 2.92. The van der Waals surface area contributed by atoms with Crippen molar-refractivity contribution in [3.63, 3.8) is 0 Å². The molecule has 2 rings (SSSR count). The lowest BCUT2D eigenvalue weighted by atomic mass is 10.1. The predicted octanol–water partition coefficient (Wildman–Crippen LogP) is 0.610. The summed E-state index contributed by atoms with van der Waals surface area (Å²) < 4.78 is 31.2. The number of methoxy groups -OCH3 is 1. The maximum Gasteiger partial charge on any atom is 0.244 e. The molecule has 0 spiro atoms. The molecule has 6 nitrogen and oxygen atoms in total. The Hall–Kier alpha value is -1.49. The molecule has 1 aromatic rings. The molecule has 0 N–H and O–H groups in total. The second kappa shape index (κ2) is 5.65. The SMILES string of the molecule is COCC1CCN(S(=O)(=O)c2ccc(C#N)nc2)C1. The van der Waals surface area contributed by atoms with Gasteiger partial charge in [0, 0.05) is 26.4 Å². The van der Waals surface area contributed by atoms with Gasteiger partial charge in [-0.3, -0.25) is 0 Å². The predicted molar refractivity (Wildman–Crippen MR) is 67.7 cm³/mol. The van der Waals surface area contributed by atoms with Gasteiger partial charge in [-0.25, -0.2) is 13.4 Å². The third-order valence-corrected chi connectivity index (χ3v) is 4.99. The van der Waals surface area contributed by atoms with E-state index in [4.69, 9.17) is 10.00 Å². The molecule has 19 heavy (non-hydrogen) atoms. The first-order chi connectivity index (χ1) is 9.07. The standard InChI is InChI=1S/C12H15N3O3S/c1-18-9-10-4-5-15(8-10)19(16,17)12-3-2-11(6-13)14-7-12/h2-3,7,10H,4-5,8-9H2,1H3. The van der Waals surface area contributed by atoms with Crippen molar-refractivity contribution in [2.45, 2.75) is 11.3 Å². The molecule has 0 bridgehead atoms. The maximum atomic E-state index is 12.3. The van der Waals surface area contributed by atoms with Crippen LogP contribution in [0.25, 0.3) is 0 Å². The van der Waals surface area contributed by atoms with E-state index in [9.17, 15) is 8.42 Å². The summed E-state index contributed by atoms with van der Waals surface area (Å²) in [5, 5.41) is 8.65. The third-order valence-electron chi connectivity index (χ3n) is 3.14. The lowest BCUT2D eigenvalue weighted by molar-refractivity contribution is 0.157. The van der Waals surface area contributed by atoms with E-state index in [0.29, 0.717) is 19.7 Å². The Kier molecular flexibility index (Phi) is 4.14. The van der Waals surface area contributed by atoms with Crippen molar-refractivity contribution in [3.8, 4) is 6.07 Å². The van der Waals surface area contributed by atoms with Crippen LogP contribution < -0.4 is 0 Å². The second-order valence-electron chi connectivity index (χ2n) is 4.46. The smallest absolute Gasteiger partial charge is 0.244 e. The summed E-state index contributed by atoms with van der Waals surface area (Å²) >= 11 is 0. The molecule has 0 saturated carbocycles. The summed E-state index contributed by atoms with van der Waals surface area (Å²) in [6.07, 6.45) is 2.04. The molecule has 2 heterocycles. The van der Waals surface area contributed by atoms with Crippen molar-refractivity contribution < 1.29 is 13.2 Å². The van der Waals surface area contributed by atoms with E-state index in [1.165, 1.54) is 22.6 Å². The molecule has 0 amide bonds. The molecule has 102 valence electrons. The van der Waals surface area contributed by atoms with Gasteiger partial charge in [-0.1, -0.05) is 0 Å². The van der Waals surface area contributed by atoms with Crippen LogP contribution in [0.15, 0.2) is 23.2 Å². The monoisotopic (exact) mass is 281 g/mol. The molecule has 1 fully saturated rings. The van der Waals surface area contributed by atoms with Gasteiger partial charge in [0.2, 0.25) is 10.0 Å². The van der Waals surface area contributed by atoms with Gasteiger partial charge in [0.05, 0.1) is 6.61 Å². The average Bonchev–Trinajstić information content (AvgIpc) is 2.89. The number of nitriles is 1. The van der Waals surface area contributed by atoms with Crippen molar-refractivity contribution in [2.75, 3.05) is 26.8 Å². The first-order valence-electron chi connectivity index (χ1n) is 5.93. The van der Waals surface area contributed by atoms with Crippen molar-refractivity contribution in [1.82, 2.24) is 9.29 Å². The van der Waals surface area contributed by atoms with Gasteiger partial charge in [-0.15, -0.1) is 0 Å². The van der Waals surface area contributed by atoms with Crippen LogP contribution in [0.4, 0.5) is 0 Å². The molecule has 0 aliphatic carbocycles. The van der Waals surface area contributed by atoms with E-state index in [0.717, 1.165) is 6.42 Å². The number of aromatic nitrogens is 1. The number of rotatable bonds is 4. The summed E-state index contributed by atoms with van der Waals surface area (Å²) in [7, 11) is -1.90. The number of sulfonamides is 1. The number of ether oxygens (including phenoxy) is 1. The molecule has 1 atom stereocenters. The van der Waals surface area contributed by atoms with Gasteiger partial charge in [0.1, 0.15) is 16.7 Å². The minimum absolute atomic E-state index is 0.129. The van der Waals surface area contributed by atoms with Crippen LogP contribution in [-0.2, 0) is 14.8 Å². The van der Waals surface area contributed by atoms with Crippen LogP contribution in [0.3, 0.4) is 0 Å². The zero-order chi connectivity index (χ0) is 13.9. The van der Waals surface area contributed by atoms with Crippen molar-refractivity contribution in [3.05, 3.63) is 24.0 Å². The van der Waals surface area contributed by atoms with Crippen LogP contribution in [0, 0.1) is 17.2 Å². The fourth-order valence-corrected chi connectivity index (χ4v) is 3.61. The van der Waals surface area contributed by atoms with Crippen LogP contribution in [0.5, 0.6) is 0 Å². The molecular formula is C12H15N3O3S. The van der Waals surface area contributed by atoms with Crippen LogP contribution in [0.2, 0.25) is 0 Å². The van der Waals surface area contributed by atoms with E-state index in [2.05, 4.69) is 4.98 Å². The Labute approximate surface area is 112 Å². The van der Waals surface area contributed by atoms with Crippen LogP contribution in [0.1, 0.15) is 12.1 Å². The number of hydrogen-bond donors (Lipinski definition) is 0. The molecule has 1 aliphatic heterocycles. The molecule has 0 aromatic carbocycles. The van der Waals surface area contributed by atoms with Gasteiger partial charge in [-0.2, -0.15) is 9.57 Å². The van der Waals surface area contributed by atoms with E-state index in [1.54, 1.807) is 7.11 Å². The molecule has 1 aliphatic rings. The van der Waals surface area contributed by atoms with Crippen molar-refractivity contribution in [2.24, 2.45) is 5.92 Å². The topological polar surface area (TPSA) is 83.3 Å². The highest BCUT2D eigenvalue weighted by molar-refractivity contribution is 7.89. The second-order valence-corrected chi connectivity index (χ2v) is 6.40. The number of pyridine rings is 1. The average molecular weight is 281 g/mol. The first-order valence-corrected chi connectivity index (χ1v) is 7.37. The number of nitrogens with zero attached hydrogens (tertiary/aromatic N) is 3. The minimum Gasteiger partial charge on any atom is -0.384 e. The Balaban J connectivity index is 2.16. The van der Waals surface area contributed by atoms with E-state index in [-0.39, 0.29) is 16.5 Å². The highest BCUT2D eigenvalue weighted by atomic mass is 32.2. The molecular weight excluding hydrogens is 266 g/mol. The van der Waals surface area contributed by atoms with E-state index >= 15 is 0 Å².